The number of methoxy groups -OCH3 is 1. The Morgan fingerprint density at radius 3 is 1.59 bits per heavy atom. The van der Waals surface area contributed by atoms with Crippen LogP contribution in [0.25, 0.3) is 6.08 Å². The zero-order valence-corrected chi connectivity index (χ0v) is 16.1. The normalized spacial score (nSPS) is 8.41. The molecule has 7 nitrogen and oxygen atoms in total. The van der Waals surface area contributed by atoms with Crippen molar-refractivity contribution in [3.8, 4) is 0 Å². The van der Waals surface area contributed by atoms with Crippen molar-refractivity contribution in [3.63, 3.8) is 0 Å². The number of rotatable bonds is 5. The number of carboxylic acids is 1. The minimum Gasteiger partial charge on any atom is -0.478 e. The van der Waals surface area contributed by atoms with Gasteiger partial charge in [0, 0.05) is 11.1 Å². The fourth-order valence-electron chi connectivity index (χ4n) is 0.821. The zero-order valence-electron chi connectivity index (χ0n) is 16.1. The number of esters is 1. The molecule has 0 aromatic heterocycles. The molecule has 4 N–H and O–H groups in total. The van der Waals surface area contributed by atoms with Crippen LogP contribution < -0.4 is 0 Å². The van der Waals surface area contributed by atoms with Crippen LogP contribution in [0.5, 0.6) is 0 Å². The molecule has 0 aliphatic carbocycles. The molecule has 0 saturated carbocycles. The van der Waals surface area contributed by atoms with Crippen molar-refractivity contribution in [3.05, 3.63) is 66.8 Å². The van der Waals surface area contributed by atoms with Crippen molar-refractivity contribution >= 4 is 18.0 Å². The van der Waals surface area contributed by atoms with Crippen molar-refractivity contribution in [1.29, 1.82) is 0 Å². The molecule has 1 aromatic rings. The van der Waals surface area contributed by atoms with E-state index in [9.17, 15) is 9.59 Å². The van der Waals surface area contributed by atoms with Crippen molar-refractivity contribution in [1.82, 2.24) is 0 Å². The highest BCUT2D eigenvalue weighted by Crippen LogP contribution is 1.97. The quantitative estimate of drug-likeness (QED) is 0.454. The van der Waals surface area contributed by atoms with Crippen LogP contribution in [-0.2, 0) is 14.3 Å². The molecule has 0 aliphatic heterocycles. The predicted octanol–water partition coefficient (Wildman–Crippen LogP) is 2.04. The SMILES string of the molecule is C=C(C)C(=O)O.C=C(C)C(=O)OC.C=Cc1ccccc1.OCC(O)CO. The number of hydrogen-bond donors (Lipinski definition) is 4. The average Bonchev–Trinajstić information content (AvgIpc) is 2.68. The van der Waals surface area contributed by atoms with Crippen LogP contribution in [0.2, 0.25) is 0 Å². The lowest BCUT2D eigenvalue weighted by Crippen LogP contribution is -2.15. The molecule has 27 heavy (non-hydrogen) atoms. The Bertz CT molecular complexity index is 549. The van der Waals surface area contributed by atoms with Crippen LogP contribution in [0, 0.1) is 0 Å². The van der Waals surface area contributed by atoms with Crippen LogP contribution in [-0.4, -0.2) is 58.8 Å². The van der Waals surface area contributed by atoms with Gasteiger partial charge < -0.3 is 25.2 Å². The van der Waals surface area contributed by atoms with Gasteiger partial charge in [-0.1, -0.05) is 56.1 Å². The first-order valence-corrected chi connectivity index (χ1v) is 7.77. The van der Waals surface area contributed by atoms with Crippen molar-refractivity contribution in [2.45, 2.75) is 20.0 Å². The van der Waals surface area contributed by atoms with Crippen molar-refractivity contribution in [2.24, 2.45) is 0 Å². The summed E-state index contributed by atoms with van der Waals surface area (Å²) in [6, 6.07) is 10.0. The van der Waals surface area contributed by atoms with Gasteiger partial charge >= 0.3 is 11.9 Å². The van der Waals surface area contributed by atoms with Gasteiger partial charge in [0.2, 0.25) is 0 Å². The summed E-state index contributed by atoms with van der Waals surface area (Å²) >= 11 is 0. The van der Waals surface area contributed by atoms with Gasteiger partial charge in [-0.3, -0.25) is 0 Å². The molecule has 7 heteroatoms. The summed E-state index contributed by atoms with van der Waals surface area (Å²) in [6.07, 6.45) is 0.880. The lowest BCUT2D eigenvalue weighted by Gasteiger charge is -1.96. The Kier molecular flexibility index (Phi) is 21.1. The third-order valence-corrected chi connectivity index (χ3v) is 2.36. The van der Waals surface area contributed by atoms with E-state index in [1.54, 1.807) is 6.92 Å². The van der Waals surface area contributed by atoms with E-state index in [0.717, 1.165) is 0 Å². The van der Waals surface area contributed by atoms with E-state index in [4.69, 9.17) is 20.4 Å². The maximum Gasteiger partial charge on any atom is 0.332 e. The minimum atomic E-state index is -0.954. The molecule has 0 radical (unpaired) electrons. The lowest BCUT2D eigenvalue weighted by atomic mass is 10.2. The van der Waals surface area contributed by atoms with E-state index >= 15 is 0 Å². The van der Waals surface area contributed by atoms with E-state index in [1.807, 2.05) is 36.4 Å². The van der Waals surface area contributed by atoms with E-state index < -0.39 is 12.1 Å². The standard InChI is InChI=1S/C8H8.C5H8O2.C4H6O2.C3H8O3/c1-2-8-6-4-3-5-7-8;1-4(2)5(6)7-3;1-3(2)4(5)6;4-1-3(6)2-5/h2-7H,1H2;1H2,2-3H3;1H2,2H3,(H,5,6);3-6H,1-2H2. The number of hydrogen-bond acceptors (Lipinski definition) is 6. The van der Waals surface area contributed by atoms with Gasteiger partial charge in [-0.2, -0.15) is 0 Å². The molecular weight excluding hydrogens is 352 g/mol. The molecule has 0 unspecified atom stereocenters. The van der Waals surface area contributed by atoms with Gasteiger partial charge in [0.25, 0.3) is 0 Å². The smallest absolute Gasteiger partial charge is 0.332 e. The third-order valence-electron chi connectivity index (χ3n) is 2.36. The third kappa shape index (κ3) is 23.3. The number of aliphatic hydroxyl groups excluding tert-OH is 3. The van der Waals surface area contributed by atoms with Crippen molar-refractivity contribution in [2.75, 3.05) is 20.3 Å². The first-order chi connectivity index (χ1) is 12.6. The summed E-state index contributed by atoms with van der Waals surface area (Å²) in [6.45, 7) is 12.5. The molecular formula is C20H30O7. The molecule has 0 bridgehead atoms. The highest BCUT2D eigenvalue weighted by Gasteiger charge is 1.95. The van der Waals surface area contributed by atoms with E-state index in [0.29, 0.717) is 5.57 Å². The minimum absolute atomic E-state index is 0.176. The van der Waals surface area contributed by atoms with Gasteiger partial charge in [0.1, 0.15) is 6.10 Å². The summed E-state index contributed by atoms with van der Waals surface area (Å²) in [5, 5.41) is 31.9. The Morgan fingerprint density at radius 2 is 1.48 bits per heavy atom. The predicted molar refractivity (Wildman–Crippen MR) is 106 cm³/mol. The van der Waals surface area contributed by atoms with Crippen LogP contribution in [0.15, 0.2) is 61.2 Å². The van der Waals surface area contributed by atoms with Crippen LogP contribution in [0.1, 0.15) is 19.4 Å². The molecule has 0 aliphatic rings. The number of aliphatic carboxylic acids is 1. The number of carbonyl (C=O) groups is 2. The van der Waals surface area contributed by atoms with E-state index in [-0.39, 0.29) is 24.8 Å². The van der Waals surface area contributed by atoms with Crippen molar-refractivity contribution < 1.29 is 34.8 Å². The number of benzene rings is 1. The second kappa shape index (κ2) is 19.6. The first-order valence-electron chi connectivity index (χ1n) is 7.77. The van der Waals surface area contributed by atoms with Gasteiger partial charge in [-0.05, 0) is 19.4 Å². The monoisotopic (exact) mass is 382 g/mol. The number of carbonyl (C=O) groups excluding carboxylic acids is 1. The summed E-state index contributed by atoms with van der Waals surface area (Å²) in [5.74, 6) is -1.28. The van der Waals surface area contributed by atoms with Gasteiger partial charge in [0.05, 0.1) is 20.3 Å². The lowest BCUT2D eigenvalue weighted by molar-refractivity contribution is -0.136. The second-order valence-corrected chi connectivity index (χ2v) is 4.99. The molecule has 1 aromatic carbocycles. The fourth-order valence-corrected chi connectivity index (χ4v) is 0.821. The van der Waals surface area contributed by atoms with Crippen LogP contribution in [0.3, 0.4) is 0 Å². The Hall–Kier alpha value is -2.74. The highest BCUT2D eigenvalue weighted by atomic mass is 16.5. The largest absolute Gasteiger partial charge is 0.478 e. The summed E-state index contributed by atoms with van der Waals surface area (Å²) in [4.78, 5) is 19.8. The molecule has 1 rings (SSSR count). The first kappa shape index (κ1) is 29.0. The molecule has 0 saturated heterocycles. The molecule has 0 fully saturated rings. The maximum absolute atomic E-state index is 10.2. The van der Waals surface area contributed by atoms with Crippen LogP contribution >= 0.6 is 0 Å². The topological polar surface area (TPSA) is 124 Å². The number of aliphatic hydroxyl groups is 3. The average molecular weight is 382 g/mol. The van der Waals surface area contributed by atoms with Gasteiger partial charge in [0.15, 0.2) is 0 Å². The summed E-state index contributed by atoms with van der Waals surface area (Å²) in [7, 11) is 1.33. The van der Waals surface area contributed by atoms with Crippen LogP contribution in [0.4, 0.5) is 0 Å². The Morgan fingerprint density at radius 1 is 1.07 bits per heavy atom. The van der Waals surface area contributed by atoms with E-state index in [1.165, 1.54) is 19.6 Å². The van der Waals surface area contributed by atoms with Gasteiger partial charge in [-0.25, -0.2) is 9.59 Å². The molecule has 0 amide bonds. The highest BCUT2D eigenvalue weighted by molar-refractivity contribution is 5.86. The molecule has 0 spiro atoms. The number of carboxylic acid groups (broad SMARTS) is 1. The van der Waals surface area contributed by atoms with E-state index in [2.05, 4.69) is 24.5 Å². The number of ether oxygens (including phenoxy) is 1. The molecule has 0 atom stereocenters. The zero-order chi connectivity index (χ0) is 21.8. The Labute approximate surface area is 160 Å². The maximum atomic E-state index is 10.2. The second-order valence-electron chi connectivity index (χ2n) is 4.99. The van der Waals surface area contributed by atoms with Gasteiger partial charge in [-0.15, -0.1) is 0 Å². The molecule has 0 heterocycles. The Balaban J connectivity index is -0.000000287. The molecule has 152 valence electrons. The summed E-state index contributed by atoms with van der Waals surface area (Å²) in [5.41, 5.74) is 1.78. The summed E-state index contributed by atoms with van der Waals surface area (Å²) < 4.78 is 4.27. The fraction of sp³-hybridized carbons (Fsp3) is 0.300.